The van der Waals surface area contributed by atoms with Crippen LogP contribution in [-0.4, -0.2) is 26.2 Å². The molecule has 1 atom stereocenters. The van der Waals surface area contributed by atoms with Crippen molar-refractivity contribution in [3.8, 4) is 5.75 Å². The molecule has 0 aliphatic carbocycles. The summed E-state index contributed by atoms with van der Waals surface area (Å²) in [5, 5.41) is 2.12. The maximum atomic E-state index is 11.9. The summed E-state index contributed by atoms with van der Waals surface area (Å²) < 4.78 is 10.5. The van der Waals surface area contributed by atoms with Gasteiger partial charge < -0.3 is 15.2 Å². The fourth-order valence-corrected chi connectivity index (χ4v) is 2.48. The molecule has 0 aliphatic heterocycles. The lowest BCUT2D eigenvalue weighted by Gasteiger charge is -2.16. The zero-order chi connectivity index (χ0) is 15.2. The van der Waals surface area contributed by atoms with Crippen LogP contribution in [0.5, 0.6) is 5.75 Å². The minimum absolute atomic E-state index is 0.236. The molecule has 0 amide bonds. The fourth-order valence-electron chi connectivity index (χ4n) is 2.48. The highest BCUT2D eigenvalue weighted by atomic mass is 16.5. The van der Waals surface area contributed by atoms with Crippen LogP contribution < -0.4 is 10.5 Å². The zero-order valence-corrected chi connectivity index (χ0v) is 12.5. The summed E-state index contributed by atoms with van der Waals surface area (Å²) in [5.74, 6) is 0.274. The van der Waals surface area contributed by atoms with E-state index in [-0.39, 0.29) is 18.4 Å². The van der Waals surface area contributed by atoms with E-state index in [1.54, 1.807) is 14.0 Å². The summed E-state index contributed by atoms with van der Waals surface area (Å²) >= 11 is 0. The molecule has 21 heavy (non-hydrogen) atoms. The van der Waals surface area contributed by atoms with Crippen LogP contribution in [0, 0.1) is 5.92 Å². The molecular weight excluding hydrogens is 266 g/mol. The third kappa shape index (κ3) is 3.34. The predicted molar refractivity (Wildman–Crippen MR) is 83.4 cm³/mol. The van der Waals surface area contributed by atoms with Crippen molar-refractivity contribution in [3.05, 3.63) is 42.0 Å². The molecule has 2 aromatic rings. The van der Waals surface area contributed by atoms with Crippen LogP contribution >= 0.6 is 0 Å². The summed E-state index contributed by atoms with van der Waals surface area (Å²) in [6.07, 6.45) is 0.569. The number of ether oxygens (including phenoxy) is 2. The van der Waals surface area contributed by atoms with Crippen LogP contribution in [0.25, 0.3) is 10.8 Å². The first kappa shape index (κ1) is 15.3. The van der Waals surface area contributed by atoms with Crippen molar-refractivity contribution in [1.29, 1.82) is 0 Å². The molecule has 0 spiro atoms. The molecule has 0 saturated carbocycles. The van der Waals surface area contributed by atoms with Crippen molar-refractivity contribution < 1.29 is 14.3 Å². The average molecular weight is 287 g/mol. The SMILES string of the molecule is CCOC(=O)C(CN)Cc1ccc(OC)c2ccccc12. The Morgan fingerprint density at radius 2 is 1.90 bits per heavy atom. The normalized spacial score (nSPS) is 12.1. The van der Waals surface area contributed by atoms with Gasteiger partial charge in [0, 0.05) is 11.9 Å². The van der Waals surface area contributed by atoms with Crippen LogP contribution in [0.4, 0.5) is 0 Å². The minimum Gasteiger partial charge on any atom is -0.496 e. The van der Waals surface area contributed by atoms with Gasteiger partial charge >= 0.3 is 5.97 Å². The molecule has 0 aromatic heterocycles. The number of methoxy groups -OCH3 is 1. The van der Waals surface area contributed by atoms with Crippen LogP contribution in [0.1, 0.15) is 12.5 Å². The number of hydrogen-bond donors (Lipinski definition) is 1. The second-order valence-corrected chi connectivity index (χ2v) is 4.86. The molecule has 4 nitrogen and oxygen atoms in total. The number of rotatable bonds is 6. The topological polar surface area (TPSA) is 61.5 Å². The Morgan fingerprint density at radius 1 is 1.19 bits per heavy atom. The van der Waals surface area contributed by atoms with Gasteiger partial charge in [-0.15, -0.1) is 0 Å². The van der Waals surface area contributed by atoms with Gasteiger partial charge in [0.1, 0.15) is 5.75 Å². The number of fused-ring (bicyclic) bond motifs is 1. The minimum atomic E-state index is -0.318. The average Bonchev–Trinajstić information content (AvgIpc) is 2.52. The lowest BCUT2D eigenvalue weighted by atomic mass is 9.94. The Labute approximate surface area is 124 Å². The quantitative estimate of drug-likeness (QED) is 0.829. The van der Waals surface area contributed by atoms with Crippen molar-refractivity contribution in [2.24, 2.45) is 11.7 Å². The molecule has 0 bridgehead atoms. The molecule has 2 N–H and O–H groups in total. The highest BCUT2D eigenvalue weighted by Gasteiger charge is 2.20. The van der Waals surface area contributed by atoms with E-state index in [1.165, 1.54) is 0 Å². The van der Waals surface area contributed by atoms with Crippen molar-refractivity contribution in [3.63, 3.8) is 0 Å². The van der Waals surface area contributed by atoms with Crippen molar-refractivity contribution in [1.82, 2.24) is 0 Å². The standard InChI is InChI=1S/C17H21NO3/c1-3-21-17(19)13(11-18)10-12-8-9-16(20-2)15-7-5-4-6-14(12)15/h4-9,13H,3,10-11,18H2,1-2H3. The summed E-state index contributed by atoms with van der Waals surface area (Å²) in [4.78, 5) is 11.9. The second kappa shape index (κ2) is 7.09. The molecule has 1 unspecified atom stereocenters. The van der Waals surface area contributed by atoms with E-state index in [0.29, 0.717) is 13.0 Å². The predicted octanol–water partition coefficient (Wildman–Crippen LogP) is 2.53. The lowest BCUT2D eigenvalue weighted by Crippen LogP contribution is -2.27. The Kier molecular flexibility index (Phi) is 5.17. The van der Waals surface area contributed by atoms with E-state index in [9.17, 15) is 4.79 Å². The van der Waals surface area contributed by atoms with E-state index in [0.717, 1.165) is 22.1 Å². The molecule has 0 saturated heterocycles. The molecule has 0 aliphatic rings. The van der Waals surface area contributed by atoms with E-state index in [1.807, 2.05) is 36.4 Å². The van der Waals surface area contributed by atoms with E-state index in [4.69, 9.17) is 15.2 Å². The number of carbonyl (C=O) groups excluding carboxylic acids is 1. The number of benzene rings is 2. The molecular formula is C17H21NO3. The number of carbonyl (C=O) groups is 1. The Morgan fingerprint density at radius 3 is 2.52 bits per heavy atom. The first-order valence-electron chi connectivity index (χ1n) is 7.12. The fraction of sp³-hybridized carbons (Fsp3) is 0.353. The maximum Gasteiger partial charge on any atom is 0.310 e. The van der Waals surface area contributed by atoms with Gasteiger partial charge in [0.2, 0.25) is 0 Å². The van der Waals surface area contributed by atoms with Gasteiger partial charge in [-0.25, -0.2) is 0 Å². The van der Waals surface area contributed by atoms with Gasteiger partial charge in [-0.05, 0) is 30.4 Å². The molecule has 0 fully saturated rings. The summed E-state index contributed by atoms with van der Waals surface area (Å²) in [5.41, 5.74) is 6.81. The Balaban J connectivity index is 2.36. The summed E-state index contributed by atoms with van der Waals surface area (Å²) in [6.45, 7) is 2.45. The lowest BCUT2D eigenvalue weighted by molar-refractivity contribution is -0.147. The molecule has 2 aromatic carbocycles. The number of esters is 1. The van der Waals surface area contributed by atoms with Gasteiger partial charge in [0.05, 0.1) is 19.6 Å². The summed E-state index contributed by atoms with van der Waals surface area (Å²) in [6, 6.07) is 11.9. The van der Waals surface area contributed by atoms with Gasteiger partial charge in [0.15, 0.2) is 0 Å². The molecule has 0 heterocycles. The van der Waals surface area contributed by atoms with Gasteiger partial charge in [0.25, 0.3) is 0 Å². The third-order valence-corrected chi connectivity index (χ3v) is 3.57. The summed E-state index contributed by atoms with van der Waals surface area (Å²) in [7, 11) is 1.66. The van der Waals surface area contributed by atoms with Crippen molar-refractivity contribution >= 4 is 16.7 Å². The highest BCUT2D eigenvalue weighted by molar-refractivity contribution is 5.91. The highest BCUT2D eigenvalue weighted by Crippen LogP contribution is 2.29. The number of nitrogens with two attached hydrogens (primary N) is 1. The monoisotopic (exact) mass is 287 g/mol. The number of hydrogen-bond acceptors (Lipinski definition) is 4. The van der Waals surface area contributed by atoms with Crippen LogP contribution in [-0.2, 0) is 16.0 Å². The van der Waals surface area contributed by atoms with Crippen LogP contribution in [0.2, 0.25) is 0 Å². The Hall–Kier alpha value is -2.07. The third-order valence-electron chi connectivity index (χ3n) is 3.57. The largest absolute Gasteiger partial charge is 0.496 e. The zero-order valence-electron chi connectivity index (χ0n) is 12.5. The molecule has 112 valence electrons. The van der Waals surface area contributed by atoms with E-state index in [2.05, 4.69) is 0 Å². The first-order valence-corrected chi connectivity index (χ1v) is 7.12. The van der Waals surface area contributed by atoms with Crippen molar-refractivity contribution in [2.45, 2.75) is 13.3 Å². The molecule has 2 rings (SSSR count). The van der Waals surface area contributed by atoms with Gasteiger partial charge in [-0.3, -0.25) is 4.79 Å². The maximum absolute atomic E-state index is 11.9. The smallest absolute Gasteiger partial charge is 0.310 e. The second-order valence-electron chi connectivity index (χ2n) is 4.86. The van der Waals surface area contributed by atoms with Gasteiger partial charge in [-0.1, -0.05) is 30.3 Å². The van der Waals surface area contributed by atoms with E-state index < -0.39 is 0 Å². The Bertz CT molecular complexity index is 624. The van der Waals surface area contributed by atoms with Crippen LogP contribution in [0.15, 0.2) is 36.4 Å². The molecule has 0 radical (unpaired) electrons. The molecule has 4 heteroatoms. The first-order chi connectivity index (χ1) is 10.2. The van der Waals surface area contributed by atoms with Gasteiger partial charge in [-0.2, -0.15) is 0 Å². The van der Waals surface area contributed by atoms with Crippen molar-refractivity contribution in [2.75, 3.05) is 20.3 Å². The van der Waals surface area contributed by atoms with E-state index >= 15 is 0 Å². The van der Waals surface area contributed by atoms with Crippen LogP contribution in [0.3, 0.4) is 0 Å².